The van der Waals surface area contributed by atoms with Crippen LogP contribution < -0.4 is 27.4 Å². The lowest BCUT2D eigenvalue weighted by Gasteiger charge is -2.11. The summed E-state index contributed by atoms with van der Waals surface area (Å²) < 4.78 is 31.1. The van der Waals surface area contributed by atoms with E-state index in [-0.39, 0.29) is 10.8 Å². The Hall–Kier alpha value is -2.54. The Balaban J connectivity index is 2.21. The van der Waals surface area contributed by atoms with Crippen LogP contribution in [0.5, 0.6) is 0 Å². The van der Waals surface area contributed by atoms with E-state index in [1.54, 1.807) is 0 Å². The van der Waals surface area contributed by atoms with Gasteiger partial charge in [-0.05, 0) is 24.3 Å². The first-order valence-electron chi connectivity index (χ1n) is 7.41. The highest BCUT2D eigenvalue weighted by Gasteiger charge is 2.10. The molecule has 136 valence electrons. The second-order valence-corrected chi connectivity index (χ2v) is 6.28. The molecular weight excluding hydrogens is 348 g/mol. The molecule has 0 fully saturated rings. The molecular formula is C13H20N8O3S. The van der Waals surface area contributed by atoms with Crippen LogP contribution in [-0.2, 0) is 10.1 Å². The third-order valence-corrected chi connectivity index (χ3v) is 3.77. The minimum atomic E-state index is -4.24. The first kappa shape index (κ1) is 18.8. The Morgan fingerprint density at radius 3 is 1.80 bits per heavy atom. The zero-order valence-corrected chi connectivity index (χ0v) is 14.1. The molecule has 25 heavy (non-hydrogen) atoms. The lowest BCUT2D eigenvalue weighted by Crippen LogP contribution is -2.18. The molecule has 0 amide bonds. The van der Waals surface area contributed by atoms with Crippen LogP contribution in [0.15, 0.2) is 29.2 Å². The average Bonchev–Trinajstić information content (AvgIpc) is 2.58. The van der Waals surface area contributed by atoms with Gasteiger partial charge in [0.1, 0.15) is 0 Å². The molecule has 0 saturated carbocycles. The summed E-state index contributed by atoms with van der Waals surface area (Å²) in [4.78, 5) is 12.4. The highest BCUT2D eigenvalue weighted by Crippen LogP contribution is 2.18. The molecule has 0 spiro atoms. The first-order valence-corrected chi connectivity index (χ1v) is 8.85. The van der Waals surface area contributed by atoms with Crippen molar-refractivity contribution in [3.8, 4) is 0 Å². The Morgan fingerprint density at radius 1 is 0.880 bits per heavy atom. The number of anilines is 4. The van der Waals surface area contributed by atoms with E-state index in [0.29, 0.717) is 43.8 Å². The third kappa shape index (κ3) is 5.79. The molecule has 2 aromatic rings. The molecule has 0 atom stereocenters. The van der Waals surface area contributed by atoms with Gasteiger partial charge in [-0.2, -0.15) is 23.4 Å². The second kappa shape index (κ2) is 8.53. The van der Waals surface area contributed by atoms with E-state index >= 15 is 0 Å². The predicted molar refractivity (Wildman–Crippen MR) is 94.5 cm³/mol. The quantitative estimate of drug-likeness (QED) is 0.317. The summed E-state index contributed by atoms with van der Waals surface area (Å²) in [7, 11) is -4.24. The molecule has 0 aliphatic heterocycles. The molecule has 1 aromatic heterocycles. The maximum Gasteiger partial charge on any atom is 0.294 e. The van der Waals surface area contributed by atoms with Gasteiger partial charge in [-0.15, -0.1) is 0 Å². The van der Waals surface area contributed by atoms with Gasteiger partial charge in [-0.3, -0.25) is 4.55 Å². The van der Waals surface area contributed by atoms with Crippen molar-refractivity contribution in [3.63, 3.8) is 0 Å². The maximum absolute atomic E-state index is 11.1. The van der Waals surface area contributed by atoms with Crippen molar-refractivity contribution in [2.45, 2.75) is 4.90 Å². The predicted octanol–water partition coefficient (Wildman–Crippen LogP) is -0.397. The van der Waals surface area contributed by atoms with Crippen LogP contribution in [0.1, 0.15) is 0 Å². The Bertz CT molecular complexity index is 771. The summed E-state index contributed by atoms with van der Waals surface area (Å²) in [6.07, 6.45) is 0. The minimum Gasteiger partial charge on any atom is -0.353 e. The van der Waals surface area contributed by atoms with Crippen molar-refractivity contribution >= 4 is 33.7 Å². The Kier molecular flexibility index (Phi) is 6.41. The molecule has 12 heteroatoms. The fraction of sp³-hybridized carbons (Fsp3) is 0.308. The molecule has 0 saturated heterocycles. The zero-order chi connectivity index (χ0) is 18.3. The standard InChI is InChI=1S/C13H20N8O3S/c14-5-7-16-11-19-12(17-8-6-15)21-13(20-11)18-9-1-3-10(4-2-9)25(22,23)24/h1-4H,5-8,14-15H2,(H,22,23,24)(H3,16,17,18,19,20,21). The molecule has 0 unspecified atom stereocenters. The zero-order valence-electron chi connectivity index (χ0n) is 13.3. The van der Waals surface area contributed by atoms with E-state index in [2.05, 4.69) is 30.9 Å². The van der Waals surface area contributed by atoms with E-state index in [1.165, 1.54) is 24.3 Å². The highest BCUT2D eigenvalue weighted by atomic mass is 32.2. The van der Waals surface area contributed by atoms with Crippen LogP contribution in [0, 0.1) is 0 Å². The van der Waals surface area contributed by atoms with Crippen LogP contribution in [0.4, 0.5) is 23.5 Å². The molecule has 0 aliphatic carbocycles. The number of hydrogen-bond donors (Lipinski definition) is 6. The molecule has 0 aliphatic rings. The summed E-state index contributed by atoms with van der Waals surface area (Å²) in [5.41, 5.74) is 11.4. The van der Waals surface area contributed by atoms with Gasteiger partial charge < -0.3 is 27.4 Å². The lowest BCUT2D eigenvalue weighted by molar-refractivity contribution is 0.483. The number of nitrogens with zero attached hydrogens (tertiary/aromatic N) is 3. The van der Waals surface area contributed by atoms with Gasteiger partial charge in [-0.1, -0.05) is 0 Å². The topological polar surface area (TPSA) is 181 Å². The average molecular weight is 368 g/mol. The van der Waals surface area contributed by atoms with Crippen molar-refractivity contribution in [1.82, 2.24) is 15.0 Å². The Morgan fingerprint density at radius 2 is 1.36 bits per heavy atom. The van der Waals surface area contributed by atoms with E-state index in [1.807, 2.05) is 0 Å². The number of nitrogens with two attached hydrogens (primary N) is 2. The largest absolute Gasteiger partial charge is 0.353 e. The monoisotopic (exact) mass is 368 g/mol. The number of aromatic nitrogens is 3. The van der Waals surface area contributed by atoms with Crippen LogP contribution in [0.25, 0.3) is 0 Å². The molecule has 0 radical (unpaired) electrons. The summed E-state index contributed by atoms with van der Waals surface area (Å²) in [5.74, 6) is 0.905. The molecule has 0 bridgehead atoms. The maximum atomic E-state index is 11.1. The lowest BCUT2D eigenvalue weighted by atomic mass is 10.3. The number of rotatable bonds is 9. The van der Waals surface area contributed by atoms with Gasteiger partial charge in [0.25, 0.3) is 10.1 Å². The van der Waals surface area contributed by atoms with Crippen LogP contribution in [-0.4, -0.2) is 54.1 Å². The van der Waals surface area contributed by atoms with Crippen molar-refractivity contribution in [1.29, 1.82) is 0 Å². The van der Waals surface area contributed by atoms with E-state index < -0.39 is 10.1 Å². The van der Waals surface area contributed by atoms with Crippen LogP contribution in [0.2, 0.25) is 0 Å². The Labute approximate surface area is 145 Å². The molecule has 11 nitrogen and oxygen atoms in total. The third-order valence-electron chi connectivity index (χ3n) is 2.90. The summed E-state index contributed by atoms with van der Waals surface area (Å²) in [6, 6.07) is 5.49. The van der Waals surface area contributed by atoms with Crippen LogP contribution in [0.3, 0.4) is 0 Å². The fourth-order valence-electron chi connectivity index (χ4n) is 1.80. The minimum absolute atomic E-state index is 0.204. The fourth-order valence-corrected chi connectivity index (χ4v) is 2.28. The van der Waals surface area contributed by atoms with Crippen molar-refractivity contribution in [2.75, 3.05) is 42.1 Å². The van der Waals surface area contributed by atoms with Gasteiger partial charge >= 0.3 is 0 Å². The van der Waals surface area contributed by atoms with E-state index in [4.69, 9.17) is 16.0 Å². The van der Waals surface area contributed by atoms with Crippen molar-refractivity contribution in [3.05, 3.63) is 24.3 Å². The van der Waals surface area contributed by atoms with Gasteiger partial charge in [0.2, 0.25) is 17.8 Å². The van der Waals surface area contributed by atoms with Gasteiger partial charge in [0, 0.05) is 31.9 Å². The number of hydrogen-bond acceptors (Lipinski definition) is 10. The summed E-state index contributed by atoms with van der Waals surface area (Å²) >= 11 is 0. The first-order chi connectivity index (χ1) is 11.9. The van der Waals surface area contributed by atoms with E-state index in [0.717, 1.165) is 0 Å². The summed E-state index contributed by atoms with van der Waals surface area (Å²) in [5, 5.41) is 8.85. The van der Waals surface area contributed by atoms with Gasteiger partial charge in [-0.25, -0.2) is 0 Å². The number of benzene rings is 1. The smallest absolute Gasteiger partial charge is 0.294 e. The normalized spacial score (nSPS) is 11.2. The van der Waals surface area contributed by atoms with Crippen molar-refractivity contribution in [2.24, 2.45) is 11.5 Å². The highest BCUT2D eigenvalue weighted by molar-refractivity contribution is 7.85. The van der Waals surface area contributed by atoms with Crippen LogP contribution >= 0.6 is 0 Å². The van der Waals surface area contributed by atoms with Gasteiger partial charge in [0.15, 0.2) is 0 Å². The molecule has 1 aromatic carbocycles. The van der Waals surface area contributed by atoms with Gasteiger partial charge in [0.05, 0.1) is 4.90 Å². The second-order valence-electron chi connectivity index (χ2n) is 4.86. The molecule has 8 N–H and O–H groups in total. The van der Waals surface area contributed by atoms with Crippen molar-refractivity contribution < 1.29 is 13.0 Å². The number of nitrogens with one attached hydrogen (secondary N) is 3. The summed E-state index contributed by atoms with van der Waals surface area (Å²) in [6.45, 7) is 1.81. The molecule has 1 heterocycles. The SMILES string of the molecule is NCCNc1nc(NCCN)nc(Nc2ccc(S(=O)(=O)O)cc2)n1. The molecule has 2 rings (SSSR count). The van der Waals surface area contributed by atoms with E-state index in [9.17, 15) is 8.42 Å².